The number of benzene rings is 2. The van der Waals surface area contributed by atoms with E-state index in [0.29, 0.717) is 36.5 Å². The average molecular weight is 742 g/mol. The van der Waals surface area contributed by atoms with Crippen molar-refractivity contribution in [2.24, 2.45) is 11.3 Å². The van der Waals surface area contributed by atoms with Crippen molar-refractivity contribution in [1.82, 2.24) is 10.2 Å². The molecule has 0 aromatic heterocycles. The van der Waals surface area contributed by atoms with Crippen molar-refractivity contribution in [2.45, 2.75) is 70.9 Å². The molecule has 0 heterocycles. The van der Waals surface area contributed by atoms with Crippen molar-refractivity contribution < 1.29 is 45.8 Å². The first kappa shape index (κ1) is 35.4. The van der Waals surface area contributed by atoms with Crippen molar-refractivity contribution in [3.63, 3.8) is 0 Å². The van der Waals surface area contributed by atoms with Gasteiger partial charge in [-0.25, -0.2) is 4.79 Å². The molecular weight excluding hydrogens is 707 g/mol. The smallest absolute Gasteiger partial charge is 0.416 e. The largest absolute Gasteiger partial charge is 0.481 e. The number of carboxylic acid groups (broad SMARTS) is 1. The summed E-state index contributed by atoms with van der Waals surface area (Å²) in [7, 11) is 0. The molecule has 7 nitrogen and oxygen atoms in total. The lowest BCUT2D eigenvalue weighted by molar-refractivity contribution is -0.143. The van der Waals surface area contributed by atoms with E-state index < -0.39 is 47.1 Å². The summed E-state index contributed by atoms with van der Waals surface area (Å²) in [6.45, 7) is 4.26. The van der Waals surface area contributed by atoms with Crippen LogP contribution < -0.4 is 10.6 Å². The fraction of sp³-hybridized carbons (Fsp3) is 0.500. The van der Waals surface area contributed by atoms with E-state index in [2.05, 4.69) is 47.1 Å². The predicted octanol–water partition coefficient (Wildman–Crippen LogP) is 7.98. The number of carbonyl (C=O) groups excluding carboxylic acids is 2. The molecule has 2 aromatic rings. The number of carboxylic acids is 1. The molecule has 1 aliphatic rings. The van der Waals surface area contributed by atoms with Gasteiger partial charge in [0.15, 0.2) is 0 Å². The highest BCUT2D eigenvalue weighted by Crippen LogP contribution is 2.41. The van der Waals surface area contributed by atoms with Gasteiger partial charge in [-0.1, -0.05) is 48.6 Å². The monoisotopic (exact) mass is 741 g/mol. The van der Waals surface area contributed by atoms with Gasteiger partial charge in [0, 0.05) is 34.8 Å². The SMILES string of the molecule is CC(C)(CI)C1CCC(N(Cc2ccc(C(=O)NCCC(=O)O)cc2)C(=O)Nc2cc(C(F)(F)F)cc(C(F)(F)F)c2)CC1. The predicted molar refractivity (Wildman–Crippen MR) is 160 cm³/mol. The van der Waals surface area contributed by atoms with Crippen LogP contribution in [0.5, 0.6) is 0 Å². The van der Waals surface area contributed by atoms with Gasteiger partial charge in [0.1, 0.15) is 0 Å². The quantitative estimate of drug-likeness (QED) is 0.131. The summed E-state index contributed by atoms with van der Waals surface area (Å²) in [6, 6.07) is 5.93. The maximum atomic E-state index is 13.6. The normalized spacial score (nSPS) is 17.6. The molecule has 242 valence electrons. The maximum Gasteiger partial charge on any atom is 0.416 e. The van der Waals surface area contributed by atoms with E-state index in [-0.39, 0.29) is 42.6 Å². The van der Waals surface area contributed by atoms with E-state index in [9.17, 15) is 40.7 Å². The number of aliphatic carboxylic acids is 1. The molecule has 44 heavy (non-hydrogen) atoms. The van der Waals surface area contributed by atoms with Crippen LogP contribution in [0.4, 0.5) is 36.8 Å². The Morgan fingerprint density at radius 1 is 0.909 bits per heavy atom. The Kier molecular flexibility index (Phi) is 11.6. The molecule has 1 aliphatic carbocycles. The second kappa shape index (κ2) is 14.4. The Balaban J connectivity index is 1.86. The van der Waals surface area contributed by atoms with Crippen LogP contribution in [0.3, 0.4) is 0 Å². The molecule has 3 N–H and O–H groups in total. The molecular formula is C30H34F6IN3O4. The van der Waals surface area contributed by atoms with Crippen molar-refractivity contribution >= 4 is 46.2 Å². The summed E-state index contributed by atoms with van der Waals surface area (Å²) >= 11 is 2.33. The number of carbonyl (C=O) groups is 3. The molecule has 3 amide bonds. The highest BCUT2D eigenvalue weighted by molar-refractivity contribution is 14.1. The van der Waals surface area contributed by atoms with Gasteiger partial charge in [-0.3, -0.25) is 9.59 Å². The lowest BCUT2D eigenvalue weighted by Crippen LogP contribution is -2.45. The van der Waals surface area contributed by atoms with Crippen molar-refractivity contribution in [3.8, 4) is 0 Å². The van der Waals surface area contributed by atoms with Crippen LogP contribution in [0.25, 0.3) is 0 Å². The molecule has 0 radical (unpaired) electrons. The van der Waals surface area contributed by atoms with E-state index in [1.165, 1.54) is 17.0 Å². The van der Waals surface area contributed by atoms with Gasteiger partial charge < -0.3 is 20.6 Å². The minimum Gasteiger partial charge on any atom is -0.481 e. The zero-order valence-corrected chi connectivity index (χ0v) is 26.3. The van der Waals surface area contributed by atoms with Crippen LogP contribution in [0.2, 0.25) is 0 Å². The number of halogens is 7. The number of nitrogens with zero attached hydrogens (tertiary/aromatic N) is 1. The molecule has 0 atom stereocenters. The number of anilines is 1. The van der Waals surface area contributed by atoms with Crippen LogP contribution in [0.1, 0.15) is 73.0 Å². The molecule has 0 aliphatic heterocycles. The number of nitrogens with one attached hydrogen (secondary N) is 2. The first-order valence-corrected chi connectivity index (χ1v) is 15.5. The summed E-state index contributed by atoms with van der Waals surface area (Å²) in [5.74, 6) is -1.17. The van der Waals surface area contributed by atoms with Gasteiger partial charge in [0.25, 0.3) is 5.91 Å². The number of hydrogen-bond acceptors (Lipinski definition) is 3. The Bertz CT molecular complexity index is 1290. The van der Waals surface area contributed by atoms with Gasteiger partial charge in [-0.15, -0.1) is 0 Å². The minimum absolute atomic E-state index is 0.00292. The molecule has 14 heteroatoms. The zero-order chi connectivity index (χ0) is 32.9. The standard InChI is InChI=1S/C30H34F6IN3O4/c1-28(2,17-37)20-7-9-24(10-8-20)40(16-18-3-5-19(6-4-18)26(43)38-12-11-25(41)42)27(44)39-23-14-21(29(31,32)33)13-22(15-23)30(34,35)36/h3-6,13-15,20,24H,7-12,16-17H2,1-2H3,(H,38,43)(H,39,44)(H,41,42). The molecule has 0 unspecified atom stereocenters. The first-order chi connectivity index (χ1) is 20.4. The van der Waals surface area contributed by atoms with E-state index in [1.807, 2.05) is 0 Å². The van der Waals surface area contributed by atoms with E-state index in [1.54, 1.807) is 12.1 Å². The Morgan fingerprint density at radius 2 is 1.45 bits per heavy atom. The van der Waals surface area contributed by atoms with Crippen molar-refractivity contribution in [2.75, 3.05) is 16.3 Å². The van der Waals surface area contributed by atoms with E-state index in [0.717, 1.165) is 17.3 Å². The van der Waals surface area contributed by atoms with E-state index >= 15 is 0 Å². The molecule has 0 spiro atoms. The van der Waals surface area contributed by atoms with Crippen molar-refractivity contribution in [3.05, 3.63) is 64.7 Å². The topological polar surface area (TPSA) is 98.7 Å². The van der Waals surface area contributed by atoms with Gasteiger partial charge in [0.05, 0.1) is 17.5 Å². The Hall–Kier alpha value is -3.04. The average Bonchev–Trinajstić information content (AvgIpc) is 2.95. The van der Waals surface area contributed by atoms with Crippen LogP contribution in [0.15, 0.2) is 42.5 Å². The Labute approximate surface area is 264 Å². The van der Waals surface area contributed by atoms with Gasteiger partial charge in [-0.2, -0.15) is 26.3 Å². The molecule has 2 aromatic carbocycles. The molecule has 1 saturated carbocycles. The summed E-state index contributed by atoms with van der Waals surface area (Å²) in [4.78, 5) is 38.0. The third-order valence-electron chi connectivity index (χ3n) is 7.88. The lowest BCUT2D eigenvalue weighted by Gasteiger charge is -2.42. The van der Waals surface area contributed by atoms with Crippen molar-refractivity contribution in [1.29, 1.82) is 0 Å². The number of rotatable bonds is 10. The fourth-order valence-corrected chi connectivity index (χ4v) is 5.83. The summed E-state index contributed by atoms with van der Waals surface area (Å²) in [5, 5.41) is 13.5. The third kappa shape index (κ3) is 9.73. The number of alkyl halides is 7. The summed E-state index contributed by atoms with van der Waals surface area (Å²) in [5.41, 5.74) is -2.81. The van der Waals surface area contributed by atoms with Gasteiger partial charge in [-0.05, 0) is 72.9 Å². The van der Waals surface area contributed by atoms with Crippen LogP contribution >= 0.6 is 22.6 Å². The summed E-state index contributed by atoms with van der Waals surface area (Å²) < 4.78 is 81.5. The Morgan fingerprint density at radius 3 is 1.93 bits per heavy atom. The molecule has 1 fully saturated rings. The van der Waals surface area contributed by atoms with Gasteiger partial charge >= 0.3 is 24.4 Å². The highest BCUT2D eigenvalue weighted by Gasteiger charge is 2.38. The van der Waals surface area contributed by atoms with Crippen LogP contribution in [-0.2, 0) is 23.7 Å². The van der Waals surface area contributed by atoms with Crippen LogP contribution in [-0.4, -0.2) is 44.9 Å². The fourth-order valence-electron chi connectivity index (χ4n) is 5.21. The third-order valence-corrected chi connectivity index (χ3v) is 9.85. The number of amides is 3. The second-order valence-electron chi connectivity index (χ2n) is 11.6. The molecule has 0 saturated heterocycles. The maximum absolute atomic E-state index is 13.6. The zero-order valence-electron chi connectivity index (χ0n) is 24.1. The summed E-state index contributed by atoms with van der Waals surface area (Å²) in [6.07, 6.45) is -7.60. The second-order valence-corrected chi connectivity index (χ2v) is 12.3. The minimum atomic E-state index is -5.06. The highest BCUT2D eigenvalue weighted by atomic mass is 127. The molecule has 3 rings (SSSR count). The number of urea groups is 1. The van der Waals surface area contributed by atoms with Gasteiger partial charge in [0.2, 0.25) is 0 Å². The molecule has 0 bridgehead atoms. The number of hydrogen-bond donors (Lipinski definition) is 3. The van der Waals surface area contributed by atoms with E-state index in [4.69, 9.17) is 5.11 Å². The van der Waals surface area contributed by atoms with Crippen LogP contribution in [0, 0.1) is 11.3 Å². The first-order valence-electron chi connectivity index (χ1n) is 13.9. The lowest BCUT2D eigenvalue weighted by atomic mass is 9.71.